The minimum atomic E-state index is -0.837. The van der Waals surface area contributed by atoms with E-state index in [2.05, 4.69) is 15.5 Å². The second-order valence-electron chi connectivity index (χ2n) is 4.63. The van der Waals surface area contributed by atoms with Crippen molar-refractivity contribution in [3.05, 3.63) is 54.1 Å². The van der Waals surface area contributed by atoms with E-state index in [-0.39, 0.29) is 24.6 Å². The van der Waals surface area contributed by atoms with E-state index in [1.54, 1.807) is 12.1 Å². The highest BCUT2D eigenvalue weighted by molar-refractivity contribution is 5.91. The lowest BCUT2D eigenvalue weighted by molar-refractivity contribution is -0.116. The van der Waals surface area contributed by atoms with Gasteiger partial charge in [-0.05, 0) is 24.3 Å². The lowest BCUT2D eigenvalue weighted by Crippen LogP contribution is -2.14. The minimum absolute atomic E-state index is 0.0619. The number of nitrogens with zero attached hydrogens (tertiary/aromatic N) is 2. The number of amides is 1. The molecular weight excluding hydrogens is 308 g/mol. The smallest absolute Gasteiger partial charge is 0.238 e. The number of nitrogens with one attached hydrogen (secondary N) is 1. The first-order valence-corrected chi connectivity index (χ1v) is 6.74. The summed E-state index contributed by atoms with van der Waals surface area (Å²) >= 11 is 0. The molecule has 6 nitrogen and oxygen atoms in total. The molecule has 0 radical (unpaired) electrons. The van der Waals surface area contributed by atoms with Crippen LogP contribution in [0.15, 0.2) is 45.5 Å². The molecule has 0 fully saturated rings. The zero-order valence-electron chi connectivity index (χ0n) is 11.8. The predicted molar refractivity (Wildman–Crippen MR) is 75.3 cm³/mol. The molecular formula is C15H11F2N3O3. The van der Waals surface area contributed by atoms with Gasteiger partial charge in [0.25, 0.3) is 0 Å². The van der Waals surface area contributed by atoms with E-state index in [9.17, 15) is 13.6 Å². The number of furan rings is 1. The van der Waals surface area contributed by atoms with Gasteiger partial charge in [-0.3, -0.25) is 4.79 Å². The number of carbonyl (C=O) groups is 1. The minimum Gasteiger partial charge on any atom is -0.461 e. The third-order valence-electron chi connectivity index (χ3n) is 3.00. The van der Waals surface area contributed by atoms with Crippen LogP contribution in [0.2, 0.25) is 0 Å². The Balaban J connectivity index is 1.59. The van der Waals surface area contributed by atoms with Crippen LogP contribution in [0.4, 0.5) is 14.5 Å². The van der Waals surface area contributed by atoms with Crippen LogP contribution in [-0.2, 0) is 11.2 Å². The molecule has 0 spiro atoms. The Kier molecular flexibility index (Phi) is 4.13. The Morgan fingerprint density at radius 1 is 1.17 bits per heavy atom. The van der Waals surface area contributed by atoms with Gasteiger partial charge in [0, 0.05) is 12.8 Å². The van der Waals surface area contributed by atoms with Crippen LogP contribution in [0.25, 0.3) is 11.6 Å². The van der Waals surface area contributed by atoms with Crippen molar-refractivity contribution in [3.8, 4) is 11.6 Å². The molecule has 0 aliphatic rings. The van der Waals surface area contributed by atoms with Crippen LogP contribution in [0.5, 0.6) is 0 Å². The first-order valence-electron chi connectivity index (χ1n) is 6.74. The fourth-order valence-electron chi connectivity index (χ4n) is 1.90. The Morgan fingerprint density at radius 2 is 1.96 bits per heavy atom. The molecule has 0 unspecified atom stereocenters. The lowest BCUT2D eigenvalue weighted by atomic mass is 10.2. The molecule has 0 atom stereocenters. The molecule has 2 heterocycles. The van der Waals surface area contributed by atoms with Gasteiger partial charge in [-0.25, -0.2) is 8.78 Å². The van der Waals surface area contributed by atoms with E-state index in [4.69, 9.17) is 8.94 Å². The zero-order chi connectivity index (χ0) is 16.2. The summed E-state index contributed by atoms with van der Waals surface area (Å²) in [5.41, 5.74) is -0.473. The van der Waals surface area contributed by atoms with Gasteiger partial charge in [0.15, 0.2) is 5.76 Å². The first kappa shape index (κ1) is 14.9. The molecule has 0 saturated carbocycles. The second kappa shape index (κ2) is 6.39. The molecule has 0 bridgehead atoms. The number of hydrogen-bond acceptors (Lipinski definition) is 5. The van der Waals surface area contributed by atoms with Gasteiger partial charge in [-0.15, -0.1) is 0 Å². The van der Waals surface area contributed by atoms with E-state index in [1.807, 2.05) is 0 Å². The van der Waals surface area contributed by atoms with E-state index < -0.39 is 23.2 Å². The predicted octanol–water partition coefficient (Wildman–Crippen LogP) is 3.18. The van der Waals surface area contributed by atoms with Crippen LogP contribution >= 0.6 is 0 Å². The standard InChI is InChI=1S/C15H11F2N3O3/c16-9-3-1-4-10(17)14(9)18-12(21)6-7-13-19-15(20-23-13)11-5-2-8-22-11/h1-5,8H,6-7H2,(H,18,21). The fourth-order valence-corrected chi connectivity index (χ4v) is 1.90. The Morgan fingerprint density at radius 3 is 2.65 bits per heavy atom. The summed E-state index contributed by atoms with van der Waals surface area (Å²) < 4.78 is 37.0. The SMILES string of the molecule is O=C(CCc1nc(-c2ccco2)no1)Nc1c(F)cccc1F. The highest BCUT2D eigenvalue weighted by Crippen LogP contribution is 2.19. The highest BCUT2D eigenvalue weighted by Gasteiger charge is 2.15. The van der Waals surface area contributed by atoms with Gasteiger partial charge in [0.05, 0.1) is 6.26 Å². The maximum Gasteiger partial charge on any atom is 0.238 e. The number of para-hydroxylation sites is 1. The average Bonchev–Trinajstić information content (AvgIpc) is 3.19. The average molecular weight is 319 g/mol. The summed E-state index contributed by atoms with van der Waals surface area (Å²) in [5, 5.41) is 5.90. The third-order valence-corrected chi connectivity index (χ3v) is 3.00. The van der Waals surface area contributed by atoms with Crippen molar-refractivity contribution in [2.45, 2.75) is 12.8 Å². The Labute approximate surface area is 129 Å². The fraction of sp³-hybridized carbons (Fsp3) is 0.133. The molecule has 8 heteroatoms. The summed E-state index contributed by atoms with van der Waals surface area (Å²) in [6.45, 7) is 0. The summed E-state index contributed by atoms with van der Waals surface area (Å²) in [6, 6.07) is 6.69. The topological polar surface area (TPSA) is 81.2 Å². The van der Waals surface area contributed by atoms with E-state index >= 15 is 0 Å². The molecule has 2 aromatic heterocycles. The van der Waals surface area contributed by atoms with Crippen LogP contribution in [0, 0.1) is 11.6 Å². The number of halogens is 2. The molecule has 23 heavy (non-hydrogen) atoms. The Hall–Kier alpha value is -3.03. The largest absolute Gasteiger partial charge is 0.461 e. The van der Waals surface area contributed by atoms with E-state index in [0.29, 0.717) is 5.76 Å². The van der Waals surface area contributed by atoms with Crippen LogP contribution in [0.1, 0.15) is 12.3 Å². The molecule has 1 aromatic carbocycles. The molecule has 3 rings (SSSR count). The van der Waals surface area contributed by atoms with Gasteiger partial charge in [-0.2, -0.15) is 4.98 Å². The summed E-state index contributed by atoms with van der Waals surface area (Å²) in [5.74, 6) is -1.30. The molecule has 1 N–H and O–H groups in total. The van der Waals surface area contributed by atoms with Gasteiger partial charge < -0.3 is 14.3 Å². The molecule has 3 aromatic rings. The summed E-state index contributed by atoms with van der Waals surface area (Å²) in [6.07, 6.45) is 1.55. The van der Waals surface area contributed by atoms with E-state index in [0.717, 1.165) is 12.1 Å². The number of carbonyl (C=O) groups excluding carboxylic acids is 1. The van der Waals surface area contributed by atoms with Crippen LogP contribution in [0.3, 0.4) is 0 Å². The quantitative estimate of drug-likeness (QED) is 0.781. The van der Waals surface area contributed by atoms with Crippen LogP contribution < -0.4 is 5.32 Å². The number of aromatic nitrogens is 2. The first-order chi connectivity index (χ1) is 11.1. The van der Waals surface area contributed by atoms with Crippen LogP contribution in [-0.4, -0.2) is 16.0 Å². The Bertz CT molecular complexity index is 795. The van der Waals surface area contributed by atoms with Gasteiger partial charge >= 0.3 is 0 Å². The number of aryl methyl sites for hydroxylation is 1. The second-order valence-corrected chi connectivity index (χ2v) is 4.63. The third kappa shape index (κ3) is 3.42. The normalized spacial score (nSPS) is 10.7. The van der Waals surface area contributed by atoms with Gasteiger partial charge in [0.1, 0.15) is 17.3 Å². The van der Waals surface area contributed by atoms with Gasteiger partial charge in [0.2, 0.25) is 17.6 Å². The molecule has 0 aliphatic carbocycles. The van der Waals surface area contributed by atoms with Crippen molar-refractivity contribution in [3.63, 3.8) is 0 Å². The highest BCUT2D eigenvalue weighted by atomic mass is 19.1. The van der Waals surface area contributed by atoms with Crippen molar-refractivity contribution >= 4 is 11.6 Å². The van der Waals surface area contributed by atoms with Crippen molar-refractivity contribution in [1.29, 1.82) is 0 Å². The molecule has 1 amide bonds. The van der Waals surface area contributed by atoms with E-state index in [1.165, 1.54) is 12.3 Å². The maximum absolute atomic E-state index is 13.4. The number of benzene rings is 1. The monoisotopic (exact) mass is 319 g/mol. The lowest BCUT2D eigenvalue weighted by Gasteiger charge is -2.06. The number of hydrogen-bond donors (Lipinski definition) is 1. The van der Waals surface area contributed by atoms with Crippen molar-refractivity contribution in [2.75, 3.05) is 5.32 Å². The summed E-state index contributed by atoms with van der Waals surface area (Å²) in [7, 11) is 0. The molecule has 118 valence electrons. The van der Waals surface area contributed by atoms with Gasteiger partial charge in [-0.1, -0.05) is 11.2 Å². The maximum atomic E-state index is 13.4. The number of rotatable bonds is 5. The van der Waals surface area contributed by atoms with Crippen molar-refractivity contribution in [2.24, 2.45) is 0 Å². The molecule has 0 saturated heterocycles. The summed E-state index contributed by atoms with van der Waals surface area (Å²) in [4.78, 5) is 15.8. The number of anilines is 1. The van der Waals surface area contributed by atoms with Crippen molar-refractivity contribution < 1.29 is 22.5 Å². The molecule has 0 aliphatic heterocycles. The van der Waals surface area contributed by atoms with Crippen molar-refractivity contribution in [1.82, 2.24) is 10.1 Å². The zero-order valence-corrected chi connectivity index (χ0v) is 11.8.